The molecule has 1 N–H and O–H groups in total. The summed E-state index contributed by atoms with van der Waals surface area (Å²) in [4.78, 5) is 16.8. The Kier molecular flexibility index (Phi) is 4.43. The Morgan fingerprint density at radius 1 is 1.27 bits per heavy atom. The molecule has 22 heavy (non-hydrogen) atoms. The van der Waals surface area contributed by atoms with Gasteiger partial charge < -0.3 is 10.0 Å². The van der Waals surface area contributed by atoms with E-state index in [1.165, 1.54) is 4.68 Å². The maximum Gasteiger partial charge on any atom is 0.258 e. The number of carbonyl (C=O) groups is 1. The van der Waals surface area contributed by atoms with Crippen LogP contribution in [-0.4, -0.2) is 68.9 Å². The average Bonchev–Trinajstić information content (AvgIpc) is 3.03. The third-order valence-corrected chi connectivity index (χ3v) is 5.31. The van der Waals surface area contributed by atoms with E-state index in [9.17, 15) is 9.90 Å². The third kappa shape index (κ3) is 2.75. The molecule has 0 radical (unpaired) electrons. The number of hydrogen-bond donors (Lipinski definition) is 1. The highest BCUT2D eigenvalue weighted by molar-refractivity contribution is 6.33. The zero-order valence-corrected chi connectivity index (χ0v) is 13.9. The lowest BCUT2D eigenvalue weighted by Crippen LogP contribution is -2.53. The first kappa shape index (κ1) is 15.8. The van der Waals surface area contributed by atoms with Crippen molar-refractivity contribution in [1.29, 1.82) is 0 Å². The summed E-state index contributed by atoms with van der Waals surface area (Å²) in [5.41, 5.74) is 1.18. The van der Waals surface area contributed by atoms with Crippen LogP contribution in [0.5, 0.6) is 0 Å². The number of rotatable bonds is 2. The molecule has 1 aliphatic heterocycles. The van der Waals surface area contributed by atoms with Gasteiger partial charge in [0.15, 0.2) is 0 Å². The minimum atomic E-state index is -0.211. The van der Waals surface area contributed by atoms with Gasteiger partial charge in [-0.2, -0.15) is 5.10 Å². The van der Waals surface area contributed by atoms with Gasteiger partial charge in [-0.15, -0.1) is 0 Å². The van der Waals surface area contributed by atoms with E-state index in [4.69, 9.17) is 11.6 Å². The fourth-order valence-corrected chi connectivity index (χ4v) is 3.89. The lowest BCUT2D eigenvalue weighted by Gasteiger charge is -2.39. The Balaban J connectivity index is 1.65. The molecule has 2 fully saturated rings. The van der Waals surface area contributed by atoms with Gasteiger partial charge in [0.2, 0.25) is 0 Å². The number of nitrogens with zero attached hydrogens (tertiary/aromatic N) is 4. The molecule has 1 aromatic heterocycles. The predicted octanol–water partition coefficient (Wildman–Crippen LogP) is 1.05. The molecule has 122 valence electrons. The molecule has 1 aliphatic carbocycles. The molecule has 2 heterocycles. The first-order valence-corrected chi connectivity index (χ1v) is 8.27. The van der Waals surface area contributed by atoms with Crippen LogP contribution in [0.3, 0.4) is 0 Å². The zero-order valence-electron chi connectivity index (χ0n) is 13.1. The molecule has 3 rings (SSSR count). The minimum Gasteiger partial charge on any atom is -0.391 e. The van der Waals surface area contributed by atoms with E-state index in [1.54, 1.807) is 7.05 Å². The van der Waals surface area contributed by atoms with Gasteiger partial charge in [0.1, 0.15) is 5.15 Å². The van der Waals surface area contributed by atoms with Gasteiger partial charge in [-0.05, 0) is 26.2 Å². The molecule has 0 bridgehead atoms. The molecule has 0 spiro atoms. The number of aryl methyl sites for hydroxylation is 2. The van der Waals surface area contributed by atoms with Gasteiger partial charge in [-0.1, -0.05) is 11.6 Å². The third-order valence-electron chi connectivity index (χ3n) is 4.88. The van der Waals surface area contributed by atoms with E-state index in [0.717, 1.165) is 32.4 Å². The summed E-state index contributed by atoms with van der Waals surface area (Å²) in [6, 6.07) is 0.265. The molecule has 1 aromatic rings. The summed E-state index contributed by atoms with van der Waals surface area (Å²) >= 11 is 6.19. The van der Waals surface area contributed by atoms with Crippen molar-refractivity contribution in [1.82, 2.24) is 19.6 Å². The molecule has 1 amide bonds. The smallest absolute Gasteiger partial charge is 0.258 e. The number of halogens is 1. The number of piperazine rings is 1. The van der Waals surface area contributed by atoms with E-state index < -0.39 is 0 Å². The highest BCUT2D eigenvalue weighted by atomic mass is 35.5. The van der Waals surface area contributed by atoms with Gasteiger partial charge in [-0.25, -0.2) is 0 Å². The Bertz CT molecular complexity index is 566. The second kappa shape index (κ2) is 6.18. The summed E-state index contributed by atoms with van der Waals surface area (Å²) in [5.74, 6) is -0.0396. The second-order valence-corrected chi connectivity index (χ2v) is 6.63. The van der Waals surface area contributed by atoms with Crippen LogP contribution in [0, 0.1) is 6.92 Å². The van der Waals surface area contributed by atoms with Crippen LogP contribution in [-0.2, 0) is 7.05 Å². The number of aromatic nitrogens is 2. The molecule has 6 nitrogen and oxygen atoms in total. The quantitative estimate of drug-likeness (QED) is 0.882. The molecule has 2 aliphatic rings. The second-order valence-electron chi connectivity index (χ2n) is 6.27. The number of aliphatic hydroxyl groups excluding tert-OH is 1. The zero-order chi connectivity index (χ0) is 15.9. The van der Waals surface area contributed by atoms with Crippen LogP contribution >= 0.6 is 11.6 Å². The van der Waals surface area contributed by atoms with Crippen LogP contribution in [0.15, 0.2) is 0 Å². The lowest BCUT2D eigenvalue weighted by molar-refractivity contribution is 0.0315. The number of carbonyl (C=O) groups excluding carboxylic acids is 1. The molecule has 1 saturated heterocycles. The summed E-state index contributed by atoms with van der Waals surface area (Å²) in [7, 11) is 1.74. The summed E-state index contributed by atoms with van der Waals surface area (Å²) in [5, 5.41) is 14.6. The van der Waals surface area contributed by atoms with Crippen molar-refractivity contribution in [3.8, 4) is 0 Å². The molecule has 1 saturated carbocycles. The van der Waals surface area contributed by atoms with E-state index in [1.807, 2.05) is 11.8 Å². The molecule has 0 unspecified atom stereocenters. The SMILES string of the molecule is Cc1nn(C)c(Cl)c1C(=O)N1CCN([C@H]2CCC[C@H]2O)CC1. The van der Waals surface area contributed by atoms with E-state index >= 15 is 0 Å². The summed E-state index contributed by atoms with van der Waals surface area (Å²) in [6.45, 7) is 4.78. The van der Waals surface area contributed by atoms with E-state index in [-0.39, 0.29) is 18.1 Å². The lowest BCUT2D eigenvalue weighted by atomic mass is 10.1. The first-order chi connectivity index (χ1) is 10.5. The number of hydrogen-bond acceptors (Lipinski definition) is 4. The standard InChI is InChI=1S/C15H23ClN4O2/c1-10-13(14(16)18(2)17-10)15(22)20-8-6-19(7-9-20)11-4-3-5-12(11)21/h11-12,21H,3-9H2,1-2H3/t11-,12+/m0/s1. The van der Waals surface area contributed by atoms with Gasteiger partial charge >= 0.3 is 0 Å². The van der Waals surface area contributed by atoms with Crippen molar-refractivity contribution < 1.29 is 9.90 Å². The molecule has 7 heteroatoms. The Morgan fingerprint density at radius 3 is 2.45 bits per heavy atom. The van der Waals surface area contributed by atoms with Gasteiger partial charge in [0, 0.05) is 39.3 Å². The van der Waals surface area contributed by atoms with E-state index in [2.05, 4.69) is 10.00 Å². The normalized spacial score (nSPS) is 26.6. The van der Waals surface area contributed by atoms with Crippen molar-refractivity contribution in [2.75, 3.05) is 26.2 Å². The molecular weight excluding hydrogens is 304 g/mol. The Hall–Kier alpha value is -1.11. The highest BCUT2D eigenvalue weighted by Gasteiger charge is 2.34. The summed E-state index contributed by atoms with van der Waals surface area (Å²) in [6.07, 6.45) is 2.84. The fourth-order valence-electron chi connectivity index (χ4n) is 3.63. The Labute approximate surface area is 135 Å². The Morgan fingerprint density at radius 2 is 1.95 bits per heavy atom. The number of aliphatic hydroxyl groups is 1. The van der Waals surface area contributed by atoms with Crippen molar-refractivity contribution in [2.24, 2.45) is 7.05 Å². The van der Waals surface area contributed by atoms with Crippen molar-refractivity contribution in [3.63, 3.8) is 0 Å². The van der Waals surface area contributed by atoms with Gasteiger partial charge in [0.05, 0.1) is 17.4 Å². The minimum absolute atomic E-state index is 0.0396. The first-order valence-electron chi connectivity index (χ1n) is 7.89. The largest absolute Gasteiger partial charge is 0.391 e. The maximum atomic E-state index is 12.7. The van der Waals surface area contributed by atoms with Crippen LogP contribution < -0.4 is 0 Å². The van der Waals surface area contributed by atoms with Crippen molar-refractivity contribution in [3.05, 3.63) is 16.4 Å². The molecule has 0 aromatic carbocycles. The predicted molar refractivity (Wildman–Crippen MR) is 84.1 cm³/mol. The van der Waals surface area contributed by atoms with Crippen LogP contribution in [0.1, 0.15) is 35.3 Å². The van der Waals surface area contributed by atoms with Gasteiger partial charge in [0.25, 0.3) is 5.91 Å². The van der Waals surface area contributed by atoms with Crippen LogP contribution in [0.4, 0.5) is 0 Å². The highest BCUT2D eigenvalue weighted by Crippen LogP contribution is 2.26. The van der Waals surface area contributed by atoms with Crippen LogP contribution in [0.2, 0.25) is 5.15 Å². The van der Waals surface area contributed by atoms with E-state index in [0.29, 0.717) is 29.5 Å². The number of amides is 1. The monoisotopic (exact) mass is 326 g/mol. The summed E-state index contributed by atoms with van der Waals surface area (Å²) < 4.78 is 1.54. The maximum absolute atomic E-state index is 12.7. The van der Waals surface area contributed by atoms with Crippen LogP contribution in [0.25, 0.3) is 0 Å². The average molecular weight is 327 g/mol. The van der Waals surface area contributed by atoms with Crippen molar-refractivity contribution >= 4 is 17.5 Å². The van der Waals surface area contributed by atoms with Gasteiger partial charge in [-0.3, -0.25) is 14.4 Å². The fraction of sp³-hybridized carbons (Fsp3) is 0.733. The molecule has 2 atom stereocenters. The topological polar surface area (TPSA) is 61.6 Å². The van der Waals surface area contributed by atoms with Crippen molar-refractivity contribution in [2.45, 2.75) is 38.3 Å². The molecular formula is C15H23ClN4O2.